The van der Waals surface area contributed by atoms with Crippen molar-refractivity contribution >= 4 is 17.8 Å². The van der Waals surface area contributed by atoms with E-state index >= 15 is 0 Å². The summed E-state index contributed by atoms with van der Waals surface area (Å²) in [5, 5.41) is 3.94. The highest BCUT2D eigenvalue weighted by Gasteiger charge is 2.47. The molecule has 1 aliphatic heterocycles. The van der Waals surface area contributed by atoms with Crippen molar-refractivity contribution in [1.29, 1.82) is 0 Å². The van der Waals surface area contributed by atoms with E-state index in [9.17, 15) is 9.59 Å². The van der Waals surface area contributed by atoms with Gasteiger partial charge < -0.3 is 9.42 Å². The Morgan fingerprint density at radius 3 is 2.47 bits per heavy atom. The van der Waals surface area contributed by atoms with Gasteiger partial charge in [0, 0.05) is 17.2 Å². The lowest BCUT2D eigenvalue weighted by Crippen LogP contribution is -2.50. The fourth-order valence-corrected chi connectivity index (χ4v) is 4.89. The van der Waals surface area contributed by atoms with Gasteiger partial charge in [-0.25, -0.2) is 5.43 Å². The van der Waals surface area contributed by atoms with E-state index in [1.54, 1.807) is 17.0 Å². The normalized spacial score (nSPS) is 22.2. The summed E-state index contributed by atoms with van der Waals surface area (Å²) < 4.78 is 5.20. The minimum Gasteiger partial charge on any atom is -0.323 e. The van der Waals surface area contributed by atoms with Gasteiger partial charge in [-0.05, 0) is 37.3 Å². The zero-order chi connectivity index (χ0) is 21.9. The maximum Gasteiger partial charge on any atom is 0.340 e. The van der Waals surface area contributed by atoms with Crippen LogP contribution < -0.4 is 10.9 Å². The second-order valence-electron chi connectivity index (χ2n) is 8.35. The van der Waals surface area contributed by atoms with Crippen LogP contribution in [0, 0.1) is 5.92 Å². The van der Waals surface area contributed by atoms with Gasteiger partial charge in [0.15, 0.2) is 0 Å². The lowest BCUT2D eigenvalue weighted by Gasteiger charge is -2.33. The number of carbonyl (C=O) groups excluding carboxylic acids is 2. The highest BCUT2D eigenvalue weighted by Crippen LogP contribution is 2.40. The largest absolute Gasteiger partial charge is 0.340 e. The summed E-state index contributed by atoms with van der Waals surface area (Å²) in [6, 6.07) is 18.3. The standard InChI is InChI=1S/C24H25N5O3/c30-22(26-27-24-25-21(28-32-24)16-9-3-1-4-10-16)20-15-18-13-7-8-14-19(18)29(20)23(31)17-11-5-2-6-12-17/h1-6,9-12,18-20H,7-8,13-15H2,(H,26,30)(H,25,27,28)/t18-,19-,20-/m0/s1. The van der Waals surface area contributed by atoms with Gasteiger partial charge in [-0.2, -0.15) is 4.98 Å². The topological polar surface area (TPSA) is 100 Å². The molecular weight excluding hydrogens is 406 g/mol. The molecule has 0 spiro atoms. The van der Waals surface area contributed by atoms with E-state index in [-0.39, 0.29) is 23.9 Å². The van der Waals surface area contributed by atoms with E-state index in [4.69, 9.17) is 4.52 Å². The van der Waals surface area contributed by atoms with Crippen LogP contribution in [0.5, 0.6) is 0 Å². The summed E-state index contributed by atoms with van der Waals surface area (Å²) in [6.07, 6.45) is 4.87. The lowest BCUT2D eigenvalue weighted by molar-refractivity contribution is -0.124. The summed E-state index contributed by atoms with van der Waals surface area (Å²) >= 11 is 0. The molecule has 164 valence electrons. The van der Waals surface area contributed by atoms with E-state index in [1.807, 2.05) is 48.5 Å². The molecule has 0 radical (unpaired) electrons. The number of carbonyl (C=O) groups is 2. The highest BCUT2D eigenvalue weighted by molar-refractivity contribution is 5.98. The summed E-state index contributed by atoms with van der Waals surface area (Å²) in [7, 11) is 0. The van der Waals surface area contributed by atoms with Crippen molar-refractivity contribution in [1.82, 2.24) is 20.5 Å². The maximum atomic E-state index is 13.3. The first-order valence-corrected chi connectivity index (χ1v) is 11.0. The zero-order valence-corrected chi connectivity index (χ0v) is 17.6. The number of fused-ring (bicyclic) bond motifs is 1. The average Bonchev–Trinajstić information content (AvgIpc) is 3.48. The fourth-order valence-electron chi connectivity index (χ4n) is 4.89. The molecule has 8 heteroatoms. The van der Waals surface area contributed by atoms with Crippen LogP contribution >= 0.6 is 0 Å². The Bertz CT molecular complexity index is 1090. The number of amides is 2. The summed E-state index contributed by atoms with van der Waals surface area (Å²) in [5.41, 5.74) is 6.81. The van der Waals surface area contributed by atoms with Gasteiger partial charge in [0.1, 0.15) is 6.04 Å². The van der Waals surface area contributed by atoms with Crippen LogP contribution in [0.25, 0.3) is 11.4 Å². The van der Waals surface area contributed by atoms with Crippen LogP contribution in [0.1, 0.15) is 42.5 Å². The first kappa shape index (κ1) is 20.2. The van der Waals surface area contributed by atoms with Crippen LogP contribution in [0.4, 0.5) is 6.01 Å². The SMILES string of the molecule is O=C(NNc1nc(-c2ccccc2)no1)[C@@H]1C[C@@H]2CCCC[C@@H]2N1C(=O)c1ccccc1. The first-order chi connectivity index (χ1) is 15.7. The molecule has 0 bridgehead atoms. The molecule has 2 aliphatic rings. The van der Waals surface area contributed by atoms with Crippen LogP contribution in [-0.2, 0) is 4.79 Å². The molecule has 1 saturated carbocycles. The molecule has 0 unspecified atom stereocenters. The number of nitrogens with zero attached hydrogens (tertiary/aromatic N) is 3. The van der Waals surface area contributed by atoms with Gasteiger partial charge >= 0.3 is 6.01 Å². The second-order valence-corrected chi connectivity index (χ2v) is 8.35. The van der Waals surface area contributed by atoms with Crippen molar-refractivity contribution in [3.05, 3.63) is 66.2 Å². The molecule has 3 aromatic rings. The number of likely N-dealkylation sites (tertiary alicyclic amines) is 1. The average molecular weight is 431 g/mol. The molecule has 8 nitrogen and oxygen atoms in total. The van der Waals surface area contributed by atoms with Gasteiger partial charge in [0.25, 0.3) is 11.8 Å². The molecule has 2 fully saturated rings. The van der Waals surface area contributed by atoms with E-state index in [0.717, 1.165) is 31.2 Å². The monoisotopic (exact) mass is 431 g/mol. The van der Waals surface area contributed by atoms with Gasteiger partial charge in [0.05, 0.1) is 0 Å². The van der Waals surface area contributed by atoms with Gasteiger partial charge in [-0.15, -0.1) is 0 Å². The Labute approximate surface area is 186 Å². The number of hydrazine groups is 1. The molecule has 3 atom stereocenters. The molecule has 32 heavy (non-hydrogen) atoms. The third kappa shape index (κ3) is 3.95. The Balaban J connectivity index is 1.30. The Morgan fingerprint density at radius 2 is 1.69 bits per heavy atom. The maximum absolute atomic E-state index is 13.3. The Kier molecular flexibility index (Phi) is 5.58. The molecule has 1 aromatic heterocycles. The molecule has 1 saturated heterocycles. The minimum absolute atomic E-state index is 0.0913. The molecule has 5 rings (SSSR count). The summed E-state index contributed by atoms with van der Waals surface area (Å²) in [5.74, 6) is 0.405. The van der Waals surface area contributed by atoms with E-state index in [0.29, 0.717) is 23.7 Å². The lowest BCUT2D eigenvalue weighted by atomic mass is 9.84. The van der Waals surface area contributed by atoms with E-state index in [1.165, 1.54) is 0 Å². The molecule has 1 aliphatic carbocycles. The predicted molar refractivity (Wildman–Crippen MR) is 118 cm³/mol. The molecular formula is C24H25N5O3. The fraction of sp³-hybridized carbons (Fsp3) is 0.333. The van der Waals surface area contributed by atoms with Crippen molar-refractivity contribution in [3.63, 3.8) is 0 Å². The van der Waals surface area contributed by atoms with Crippen molar-refractivity contribution in [2.24, 2.45) is 5.92 Å². The van der Waals surface area contributed by atoms with Crippen molar-refractivity contribution in [2.75, 3.05) is 5.43 Å². The highest BCUT2D eigenvalue weighted by atomic mass is 16.5. The van der Waals surface area contributed by atoms with Crippen LogP contribution in [-0.4, -0.2) is 38.9 Å². The Hall–Kier alpha value is -3.68. The quantitative estimate of drug-likeness (QED) is 0.598. The van der Waals surface area contributed by atoms with E-state index < -0.39 is 6.04 Å². The summed E-state index contributed by atoms with van der Waals surface area (Å²) in [6.45, 7) is 0. The molecule has 2 N–H and O–H groups in total. The number of aromatic nitrogens is 2. The second kappa shape index (κ2) is 8.82. The van der Waals surface area contributed by atoms with Gasteiger partial charge in [-0.3, -0.25) is 15.0 Å². The third-order valence-electron chi connectivity index (χ3n) is 6.40. The number of rotatable bonds is 5. The van der Waals surface area contributed by atoms with Crippen LogP contribution in [0.2, 0.25) is 0 Å². The van der Waals surface area contributed by atoms with Crippen LogP contribution in [0.15, 0.2) is 65.2 Å². The minimum atomic E-state index is -0.542. The number of hydrogen-bond acceptors (Lipinski definition) is 6. The van der Waals surface area contributed by atoms with Crippen LogP contribution in [0.3, 0.4) is 0 Å². The number of benzene rings is 2. The van der Waals surface area contributed by atoms with Gasteiger partial charge in [0.2, 0.25) is 5.82 Å². The van der Waals surface area contributed by atoms with Crippen molar-refractivity contribution in [2.45, 2.75) is 44.2 Å². The van der Waals surface area contributed by atoms with Crippen molar-refractivity contribution < 1.29 is 14.1 Å². The first-order valence-electron chi connectivity index (χ1n) is 11.0. The van der Waals surface area contributed by atoms with Crippen molar-refractivity contribution in [3.8, 4) is 11.4 Å². The smallest absolute Gasteiger partial charge is 0.323 e. The molecule has 2 aromatic carbocycles. The predicted octanol–water partition coefficient (Wildman–Crippen LogP) is 3.65. The number of anilines is 1. The summed E-state index contributed by atoms with van der Waals surface area (Å²) in [4.78, 5) is 32.5. The Morgan fingerprint density at radius 1 is 0.969 bits per heavy atom. The molecule has 2 amide bonds. The number of nitrogens with one attached hydrogen (secondary N) is 2. The zero-order valence-electron chi connectivity index (χ0n) is 17.6. The third-order valence-corrected chi connectivity index (χ3v) is 6.40. The molecule has 2 heterocycles. The van der Waals surface area contributed by atoms with E-state index in [2.05, 4.69) is 21.0 Å². The number of hydrogen-bond donors (Lipinski definition) is 2. The van der Waals surface area contributed by atoms with Gasteiger partial charge in [-0.1, -0.05) is 66.5 Å².